The van der Waals surface area contributed by atoms with Gasteiger partial charge in [0.15, 0.2) is 0 Å². The van der Waals surface area contributed by atoms with Gasteiger partial charge in [-0.25, -0.2) is 0 Å². The van der Waals surface area contributed by atoms with E-state index >= 15 is 0 Å². The molecule has 2 aromatic rings. The minimum Gasteiger partial charge on any atom is -0.392 e. The highest BCUT2D eigenvalue weighted by molar-refractivity contribution is 5.96. The molecule has 0 radical (unpaired) electrons. The monoisotopic (exact) mass is 298 g/mol. The van der Waals surface area contributed by atoms with Gasteiger partial charge >= 0.3 is 0 Å². The lowest BCUT2D eigenvalue weighted by Crippen LogP contribution is -2.22. The van der Waals surface area contributed by atoms with E-state index < -0.39 is 0 Å². The molecule has 0 aliphatic heterocycles. The maximum absolute atomic E-state index is 12.1. The zero-order valence-electron chi connectivity index (χ0n) is 13.3. The van der Waals surface area contributed by atoms with Crippen LogP contribution in [-0.2, 0) is 13.2 Å². The summed E-state index contributed by atoms with van der Waals surface area (Å²) in [5.74, 6) is 0.00782. The Hall–Kier alpha value is -2.33. The Balaban J connectivity index is 2.09. The number of carbonyl (C=O) groups is 1. The fourth-order valence-electron chi connectivity index (χ4n) is 2.17. The second kappa shape index (κ2) is 7.09. The number of nitrogens with one attached hydrogen (secondary N) is 1. The number of amides is 1. The first-order chi connectivity index (χ1) is 10.5. The van der Waals surface area contributed by atoms with Crippen molar-refractivity contribution in [1.29, 1.82) is 0 Å². The lowest BCUT2D eigenvalue weighted by atomic mass is 10.1. The number of carbonyl (C=O) groups excluding carboxylic acids is 1. The number of hydrogen-bond donors (Lipinski definition) is 2. The molecule has 0 aromatic heterocycles. The van der Waals surface area contributed by atoms with E-state index in [9.17, 15) is 4.79 Å². The molecule has 116 valence electrons. The Morgan fingerprint density at radius 2 is 1.73 bits per heavy atom. The summed E-state index contributed by atoms with van der Waals surface area (Å²) in [5.41, 5.74) is 4.63. The number of aliphatic hydroxyl groups is 1. The van der Waals surface area contributed by atoms with Crippen LogP contribution in [0.4, 0.5) is 5.69 Å². The highest BCUT2D eigenvalue weighted by atomic mass is 16.3. The molecule has 1 amide bonds. The third kappa shape index (κ3) is 3.86. The number of rotatable bonds is 5. The second-order valence-corrected chi connectivity index (χ2v) is 5.56. The van der Waals surface area contributed by atoms with Gasteiger partial charge in [-0.2, -0.15) is 0 Å². The Morgan fingerprint density at radius 1 is 1.09 bits per heavy atom. The largest absolute Gasteiger partial charge is 0.392 e. The lowest BCUT2D eigenvalue weighted by molar-refractivity contribution is 0.0827. The summed E-state index contributed by atoms with van der Waals surface area (Å²) in [6, 6.07) is 13.6. The van der Waals surface area contributed by atoms with E-state index in [2.05, 4.69) is 5.32 Å². The molecule has 0 saturated carbocycles. The molecular formula is C18H22N2O2. The van der Waals surface area contributed by atoms with Crippen LogP contribution in [0.3, 0.4) is 0 Å². The zero-order valence-corrected chi connectivity index (χ0v) is 13.3. The molecule has 22 heavy (non-hydrogen) atoms. The van der Waals surface area contributed by atoms with Crippen molar-refractivity contribution in [2.45, 2.75) is 20.1 Å². The molecule has 2 aromatic carbocycles. The minimum atomic E-state index is 0.00782. The first-order valence-electron chi connectivity index (χ1n) is 7.26. The molecule has 2 rings (SSSR count). The van der Waals surface area contributed by atoms with Crippen molar-refractivity contribution in [2.75, 3.05) is 19.4 Å². The molecule has 0 aliphatic carbocycles. The maximum Gasteiger partial charge on any atom is 0.253 e. The molecule has 0 atom stereocenters. The average molecular weight is 298 g/mol. The van der Waals surface area contributed by atoms with Gasteiger partial charge in [0.2, 0.25) is 0 Å². The lowest BCUT2D eigenvalue weighted by Gasteiger charge is -2.14. The normalized spacial score (nSPS) is 10.4. The van der Waals surface area contributed by atoms with Gasteiger partial charge in [0.25, 0.3) is 5.91 Å². The first kappa shape index (κ1) is 16.0. The smallest absolute Gasteiger partial charge is 0.253 e. The molecule has 0 saturated heterocycles. The quantitative estimate of drug-likeness (QED) is 0.892. The summed E-state index contributed by atoms with van der Waals surface area (Å²) in [5, 5.41) is 12.4. The van der Waals surface area contributed by atoms with Gasteiger partial charge in [-0.15, -0.1) is 0 Å². The van der Waals surface area contributed by atoms with Crippen LogP contribution in [0.2, 0.25) is 0 Å². The zero-order chi connectivity index (χ0) is 16.1. The standard InChI is InChI=1S/C18H22N2O2/c1-13-4-9-16(10-17(13)18(22)20(2)3)19-11-14-5-7-15(12-21)8-6-14/h4-10,19,21H,11-12H2,1-3H3. The van der Waals surface area contributed by atoms with Crippen LogP contribution >= 0.6 is 0 Å². The fraction of sp³-hybridized carbons (Fsp3) is 0.278. The molecule has 0 unspecified atom stereocenters. The molecule has 0 fully saturated rings. The van der Waals surface area contributed by atoms with E-state index in [0.29, 0.717) is 12.1 Å². The van der Waals surface area contributed by atoms with Crippen LogP contribution in [0.25, 0.3) is 0 Å². The Kier molecular flexibility index (Phi) is 5.17. The van der Waals surface area contributed by atoms with Gasteiger partial charge in [-0.3, -0.25) is 4.79 Å². The topological polar surface area (TPSA) is 52.6 Å². The van der Waals surface area contributed by atoms with Crippen molar-refractivity contribution < 1.29 is 9.90 Å². The molecule has 4 nitrogen and oxygen atoms in total. The Labute approximate surface area is 131 Å². The highest BCUT2D eigenvalue weighted by Crippen LogP contribution is 2.17. The fourth-order valence-corrected chi connectivity index (χ4v) is 2.17. The van der Waals surface area contributed by atoms with E-state index in [1.165, 1.54) is 0 Å². The second-order valence-electron chi connectivity index (χ2n) is 5.56. The van der Waals surface area contributed by atoms with E-state index in [4.69, 9.17) is 5.11 Å². The molecular weight excluding hydrogens is 276 g/mol. The molecule has 2 N–H and O–H groups in total. The van der Waals surface area contributed by atoms with Gasteiger partial charge < -0.3 is 15.3 Å². The molecule has 0 aliphatic rings. The van der Waals surface area contributed by atoms with E-state index in [1.807, 2.05) is 49.4 Å². The summed E-state index contributed by atoms with van der Waals surface area (Å²) in [6.07, 6.45) is 0. The van der Waals surface area contributed by atoms with Crippen molar-refractivity contribution in [1.82, 2.24) is 4.90 Å². The number of aliphatic hydroxyl groups excluding tert-OH is 1. The van der Waals surface area contributed by atoms with Crippen molar-refractivity contribution >= 4 is 11.6 Å². The Morgan fingerprint density at radius 3 is 2.32 bits per heavy atom. The van der Waals surface area contributed by atoms with Crippen molar-refractivity contribution in [3.8, 4) is 0 Å². The van der Waals surface area contributed by atoms with Gasteiger partial charge in [-0.05, 0) is 35.7 Å². The van der Waals surface area contributed by atoms with Crippen LogP contribution < -0.4 is 5.32 Å². The van der Waals surface area contributed by atoms with Gasteiger partial charge in [0, 0.05) is 31.9 Å². The molecule has 0 bridgehead atoms. The van der Waals surface area contributed by atoms with E-state index in [0.717, 1.165) is 22.4 Å². The van der Waals surface area contributed by atoms with Crippen LogP contribution in [0.15, 0.2) is 42.5 Å². The Bertz CT molecular complexity index is 649. The van der Waals surface area contributed by atoms with E-state index in [-0.39, 0.29) is 12.5 Å². The third-order valence-electron chi connectivity index (χ3n) is 3.58. The van der Waals surface area contributed by atoms with Crippen molar-refractivity contribution in [2.24, 2.45) is 0 Å². The summed E-state index contributed by atoms with van der Waals surface area (Å²) < 4.78 is 0. The number of hydrogen-bond acceptors (Lipinski definition) is 3. The molecule has 0 spiro atoms. The number of benzene rings is 2. The van der Waals surface area contributed by atoms with Crippen LogP contribution in [-0.4, -0.2) is 30.0 Å². The van der Waals surface area contributed by atoms with Gasteiger partial charge in [0.05, 0.1) is 6.61 Å². The SMILES string of the molecule is Cc1ccc(NCc2ccc(CO)cc2)cc1C(=O)N(C)C. The van der Waals surface area contributed by atoms with Crippen LogP contribution in [0.1, 0.15) is 27.0 Å². The summed E-state index contributed by atoms with van der Waals surface area (Å²) in [4.78, 5) is 13.7. The maximum atomic E-state index is 12.1. The van der Waals surface area contributed by atoms with Crippen LogP contribution in [0, 0.1) is 6.92 Å². The van der Waals surface area contributed by atoms with Crippen LogP contribution in [0.5, 0.6) is 0 Å². The van der Waals surface area contributed by atoms with Gasteiger partial charge in [-0.1, -0.05) is 30.3 Å². The third-order valence-corrected chi connectivity index (χ3v) is 3.58. The summed E-state index contributed by atoms with van der Waals surface area (Å²) in [7, 11) is 3.51. The summed E-state index contributed by atoms with van der Waals surface area (Å²) in [6.45, 7) is 2.67. The average Bonchev–Trinajstić information content (AvgIpc) is 2.53. The minimum absolute atomic E-state index is 0.00782. The number of nitrogens with zero attached hydrogens (tertiary/aromatic N) is 1. The predicted octanol–water partition coefficient (Wildman–Crippen LogP) is 2.80. The van der Waals surface area contributed by atoms with E-state index in [1.54, 1.807) is 19.0 Å². The predicted molar refractivity (Wildman–Crippen MR) is 88.9 cm³/mol. The highest BCUT2D eigenvalue weighted by Gasteiger charge is 2.11. The number of anilines is 1. The first-order valence-corrected chi connectivity index (χ1v) is 7.26. The molecule has 0 heterocycles. The summed E-state index contributed by atoms with van der Waals surface area (Å²) >= 11 is 0. The number of aryl methyl sites for hydroxylation is 1. The molecule has 4 heteroatoms. The van der Waals surface area contributed by atoms with Crippen molar-refractivity contribution in [3.05, 3.63) is 64.7 Å². The van der Waals surface area contributed by atoms with Gasteiger partial charge in [0.1, 0.15) is 0 Å². The van der Waals surface area contributed by atoms with Crippen molar-refractivity contribution in [3.63, 3.8) is 0 Å².